The third-order valence-electron chi connectivity index (χ3n) is 3.58. The summed E-state index contributed by atoms with van der Waals surface area (Å²) in [6, 6.07) is 0. The first-order valence-electron chi connectivity index (χ1n) is 5.44. The van der Waals surface area contributed by atoms with Gasteiger partial charge in [0.25, 0.3) is 0 Å². The Balaban J connectivity index is 2.63. The molecule has 0 aromatic carbocycles. The molecule has 2 nitrogen and oxygen atoms in total. The second kappa shape index (κ2) is 4.23. The number of hydrogen-bond donors (Lipinski definition) is 1. The van der Waals surface area contributed by atoms with Crippen LogP contribution >= 0.6 is 0 Å². The summed E-state index contributed by atoms with van der Waals surface area (Å²) in [6.45, 7) is 4.74. The highest BCUT2D eigenvalue weighted by atomic mass is 16.1. The van der Waals surface area contributed by atoms with Crippen molar-refractivity contribution in [2.45, 2.75) is 46.0 Å². The molecule has 0 bridgehead atoms. The van der Waals surface area contributed by atoms with Crippen molar-refractivity contribution >= 4 is 5.78 Å². The molecule has 0 amide bonds. The number of Topliss-reactive ketones (excluding diaryl/α,β-unsaturated/α-hetero) is 1. The van der Waals surface area contributed by atoms with Gasteiger partial charge in [-0.25, -0.2) is 0 Å². The number of hydrogen-bond acceptors (Lipinski definition) is 2. The van der Waals surface area contributed by atoms with Gasteiger partial charge in [0.1, 0.15) is 5.78 Å². The normalized spacial score (nSPS) is 20.0. The van der Waals surface area contributed by atoms with Crippen LogP contribution in [0.3, 0.4) is 0 Å². The molecular weight excluding hydrogens is 162 g/mol. The maximum atomic E-state index is 12.1. The number of nitrogens with two attached hydrogens (primary N) is 1. The standard InChI is InChI=1S/C11H21NO/c1-3-9(4-2)10(13)11(8-12)6-5-7-11/h9H,3-8,12H2,1-2H3. The molecule has 0 aliphatic heterocycles. The number of carbonyl (C=O) groups is 1. The predicted octanol–water partition coefficient (Wildman–Crippen LogP) is 2.12. The van der Waals surface area contributed by atoms with Crippen molar-refractivity contribution in [3.8, 4) is 0 Å². The van der Waals surface area contributed by atoms with Crippen molar-refractivity contribution in [2.24, 2.45) is 17.1 Å². The highest BCUT2D eigenvalue weighted by Crippen LogP contribution is 2.43. The second-order valence-electron chi connectivity index (χ2n) is 4.22. The van der Waals surface area contributed by atoms with Gasteiger partial charge in [-0.2, -0.15) is 0 Å². The Morgan fingerprint density at radius 2 is 1.92 bits per heavy atom. The lowest BCUT2D eigenvalue weighted by molar-refractivity contribution is -0.137. The van der Waals surface area contributed by atoms with E-state index in [0.29, 0.717) is 12.3 Å². The van der Waals surface area contributed by atoms with Crippen LogP contribution in [0.5, 0.6) is 0 Å². The average Bonchev–Trinajstić information content (AvgIpc) is 2.05. The van der Waals surface area contributed by atoms with Crippen molar-refractivity contribution in [3.05, 3.63) is 0 Å². The molecule has 1 aliphatic rings. The lowest BCUT2D eigenvalue weighted by atomic mass is 9.63. The lowest BCUT2D eigenvalue weighted by Crippen LogP contribution is -2.47. The second-order valence-corrected chi connectivity index (χ2v) is 4.22. The summed E-state index contributed by atoms with van der Waals surface area (Å²) in [5.74, 6) is 0.690. The smallest absolute Gasteiger partial charge is 0.143 e. The van der Waals surface area contributed by atoms with Crippen LogP contribution in [0.15, 0.2) is 0 Å². The Kier molecular flexibility index (Phi) is 3.48. The molecule has 0 radical (unpaired) electrons. The Morgan fingerprint density at radius 1 is 1.38 bits per heavy atom. The highest BCUT2D eigenvalue weighted by Gasteiger charge is 2.44. The molecule has 2 N–H and O–H groups in total. The fraction of sp³-hybridized carbons (Fsp3) is 0.909. The maximum absolute atomic E-state index is 12.1. The van der Waals surface area contributed by atoms with Crippen molar-refractivity contribution in [3.63, 3.8) is 0 Å². The number of ketones is 1. The molecule has 2 heteroatoms. The molecule has 0 spiro atoms. The Hall–Kier alpha value is -0.370. The van der Waals surface area contributed by atoms with Crippen molar-refractivity contribution in [1.29, 1.82) is 0 Å². The predicted molar refractivity (Wildman–Crippen MR) is 54.4 cm³/mol. The fourth-order valence-electron chi connectivity index (χ4n) is 2.25. The van der Waals surface area contributed by atoms with Crippen LogP contribution in [0, 0.1) is 11.3 Å². The van der Waals surface area contributed by atoms with Crippen molar-refractivity contribution in [1.82, 2.24) is 0 Å². The first-order chi connectivity index (χ1) is 6.20. The van der Waals surface area contributed by atoms with Crippen LogP contribution in [0.2, 0.25) is 0 Å². The molecule has 76 valence electrons. The van der Waals surface area contributed by atoms with E-state index in [-0.39, 0.29) is 11.3 Å². The Labute approximate surface area is 80.9 Å². The minimum absolute atomic E-state index is 0.114. The van der Waals surface area contributed by atoms with Crippen LogP contribution in [-0.4, -0.2) is 12.3 Å². The topological polar surface area (TPSA) is 43.1 Å². The van der Waals surface area contributed by atoms with Gasteiger partial charge in [-0.1, -0.05) is 20.3 Å². The molecule has 1 saturated carbocycles. The summed E-state index contributed by atoms with van der Waals surface area (Å²) in [5.41, 5.74) is 5.58. The van der Waals surface area contributed by atoms with E-state index in [9.17, 15) is 4.79 Å². The summed E-state index contributed by atoms with van der Waals surface area (Å²) in [4.78, 5) is 12.1. The zero-order chi connectivity index (χ0) is 9.90. The monoisotopic (exact) mass is 183 g/mol. The molecule has 0 unspecified atom stereocenters. The highest BCUT2D eigenvalue weighted by molar-refractivity contribution is 5.88. The molecule has 0 aromatic heterocycles. The van der Waals surface area contributed by atoms with Crippen molar-refractivity contribution < 1.29 is 4.79 Å². The van der Waals surface area contributed by atoms with Gasteiger partial charge in [0.2, 0.25) is 0 Å². The van der Waals surface area contributed by atoms with Crippen LogP contribution in [-0.2, 0) is 4.79 Å². The van der Waals surface area contributed by atoms with Gasteiger partial charge >= 0.3 is 0 Å². The van der Waals surface area contributed by atoms with E-state index in [1.165, 1.54) is 6.42 Å². The molecule has 13 heavy (non-hydrogen) atoms. The van der Waals surface area contributed by atoms with Gasteiger partial charge in [-0.15, -0.1) is 0 Å². The number of rotatable bonds is 5. The van der Waals surface area contributed by atoms with Gasteiger partial charge in [-0.05, 0) is 25.7 Å². The fourth-order valence-corrected chi connectivity index (χ4v) is 2.25. The average molecular weight is 183 g/mol. The number of carbonyl (C=O) groups excluding carboxylic acids is 1. The van der Waals surface area contributed by atoms with Crippen molar-refractivity contribution in [2.75, 3.05) is 6.54 Å². The molecule has 1 fully saturated rings. The molecule has 0 heterocycles. The van der Waals surface area contributed by atoms with Gasteiger partial charge < -0.3 is 5.73 Å². The third kappa shape index (κ3) is 1.78. The minimum atomic E-state index is -0.114. The molecule has 1 aliphatic carbocycles. The Morgan fingerprint density at radius 3 is 2.15 bits per heavy atom. The summed E-state index contributed by atoms with van der Waals surface area (Å²) in [5, 5.41) is 0. The maximum Gasteiger partial charge on any atom is 0.143 e. The minimum Gasteiger partial charge on any atom is -0.329 e. The molecular formula is C11H21NO. The Bertz CT molecular complexity index is 175. The quantitative estimate of drug-likeness (QED) is 0.709. The molecule has 0 aromatic rings. The molecule has 0 saturated heterocycles. The first kappa shape index (κ1) is 10.7. The zero-order valence-corrected chi connectivity index (χ0v) is 8.81. The van der Waals surface area contributed by atoms with E-state index in [4.69, 9.17) is 5.73 Å². The summed E-state index contributed by atoms with van der Waals surface area (Å²) in [6.07, 6.45) is 5.18. The van der Waals surface area contributed by atoms with E-state index < -0.39 is 0 Å². The van der Waals surface area contributed by atoms with E-state index in [1.807, 2.05) is 0 Å². The third-order valence-corrected chi connectivity index (χ3v) is 3.58. The van der Waals surface area contributed by atoms with E-state index in [1.54, 1.807) is 0 Å². The summed E-state index contributed by atoms with van der Waals surface area (Å²) >= 11 is 0. The van der Waals surface area contributed by atoms with E-state index >= 15 is 0 Å². The van der Waals surface area contributed by atoms with Crippen LogP contribution in [0.1, 0.15) is 46.0 Å². The van der Waals surface area contributed by atoms with Gasteiger partial charge in [0, 0.05) is 17.9 Å². The van der Waals surface area contributed by atoms with Crippen LogP contribution in [0.25, 0.3) is 0 Å². The molecule has 1 rings (SSSR count). The van der Waals surface area contributed by atoms with Gasteiger partial charge in [0.15, 0.2) is 0 Å². The summed E-state index contributed by atoms with van der Waals surface area (Å²) < 4.78 is 0. The zero-order valence-electron chi connectivity index (χ0n) is 8.81. The van der Waals surface area contributed by atoms with Crippen LogP contribution in [0.4, 0.5) is 0 Å². The first-order valence-corrected chi connectivity index (χ1v) is 5.44. The van der Waals surface area contributed by atoms with Crippen LogP contribution < -0.4 is 5.73 Å². The summed E-state index contributed by atoms with van der Waals surface area (Å²) in [7, 11) is 0. The van der Waals surface area contributed by atoms with E-state index in [2.05, 4.69) is 13.8 Å². The van der Waals surface area contributed by atoms with Gasteiger partial charge in [0.05, 0.1) is 0 Å². The molecule has 0 atom stereocenters. The lowest BCUT2D eigenvalue weighted by Gasteiger charge is -2.41. The van der Waals surface area contributed by atoms with E-state index in [0.717, 1.165) is 25.7 Å². The SMILES string of the molecule is CCC(CC)C(=O)C1(CN)CCC1. The largest absolute Gasteiger partial charge is 0.329 e. The van der Waals surface area contributed by atoms with Gasteiger partial charge in [-0.3, -0.25) is 4.79 Å².